The van der Waals surface area contributed by atoms with Crippen molar-refractivity contribution >= 4 is 29.4 Å². The second-order valence-electron chi connectivity index (χ2n) is 5.66. The topological polar surface area (TPSA) is 74.2 Å². The van der Waals surface area contributed by atoms with E-state index in [0.717, 1.165) is 17.7 Å². The van der Waals surface area contributed by atoms with Crippen LogP contribution in [0, 0.1) is 11.3 Å². The first-order valence-corrected chi connectivity index (χ1v) is 9.21. The Morgan fingerprint density at radius 3 is 2.77 bits per heavy atom. The Morgan fingerprint density at radius 2 is 2.04 bits per heavy atom. The maximum atomic E-state index is 12.3. The van der Waals surface area contributed by atoms with Crippen LogP contribution in [0.4, 0.5) is 5.69 Å². The molecule has 0 aliphatic carbocycles. The Hall–Kier alpha value is -2.91. The fraction of sp³-hybridized carbons (Fsp3) is 0.200. The summed E-state index contributed by atoms with van der Waals surface area (Å²) in [6, 6.07) is 17.5. The van der Waals surface area contributed by atoms with Crippen molar-refractivity contribution < 1.29 is 9.53 Å². The van der Waals surface area contributed by atoms with Gasteiger partial charge < -0.3 is 15.4 Å². The van der Waals surface area contributed by atoms with Crippen LogP contribution in [0.2, 0.25) is 0 Å². The monoisotopic (exact) mass is 365 g/mol. The van der Waals surface area contributed by atoms with Gasteiger partial charge in [-0.2, -0.15) is 5.26 Å². The van der Waals surface area contributed by atoms with Gasteiger partial charge in [-0.1, -0.05) is 49.0 Å². The van der Waals surface area contributed by atoms with Crippen molar-refractivity contribution in [2.75, 3.05) is 11.9 Å². The van der Waals surface area contributed by atoms with Crippen molar-refractivity contribution in [1.29, 1.82) is 5.26 Å². The molecule has 1 fully saturated rings. The van der Waals surface area contributed by atoms with E-state index in [-0.39, 0.29) is 18.0 Å². The van der Waals surface area contributed by atoms with E-state index in [1.165, 1.54) is 17.3 Å². The van der Waals surface area contributed by atoms with Crippen LogP contribution in [0.25, 0.3) is 6.08 Å². The summed E-state index contributed by atoms with van der Waals surface area (Å²) in [7, 11) is 0. The molecule has 1 amide bonds. The SMILES string of the molecule is CCc1ccc(N[C@@H]2NC(=O)/C(=C/c3ccccc3OCC#N)S2)cc1. The molecule has 0 saturated carbocycles. The number of carbonyl (C=O) groups excluding carboxylic acids is 1. The number of amides is 1. The highest BCUT2D eigenvalue weighted by Crippen LogP contribution is 2.32. The molecule has 1 aliphatic heterocycles. The zero-order valence-corrected chi connectivity index (χ0v) is 15.2. The molecule has 0 bridgehead atoms. The van der Waals surface area contributed by atoms with Gasteiger partial charge in [0.15, 0.2) is 12.1 Å². The molecule has 1 atom stereocenters. The number of hydrogen-bond donors (Lipinski definition) is 2. The molecule has 6 heteroatoms. The fourth-order valence-electron chi connectivity index (χ4n) is 2.54. The zero-order chi connectivity index (χ0) is 18.4. The lowest BCUT2D eigenvalue weighted by Crippen LogP contribution is -2.30. The first-order valence-electron chi connectivity index (χ1n) is 8.33. The van der Waals surface area contributed by atoms with E-state index in [1.807, 2.05) is 36.4 Å². The Bertz CT molecular complexity index is 856. The fourth-order valence-corrected chi connectivity index (χ4v) is 3.51. The van der Waals surface area contributed by atoms with Crippen LogP contribution in [-0.2, 0) is 11.2 Å². The lowest BCUT2D eigenvalue weighted by atomic mass is 10.1. The summed E-state index contributed by atoms with van der Waals surface area (Å²) in [4.78, 5) is 12.9. The van der Waals surface area contributed by atoms with E-state index in [1.54, 1.807) is 12.1 Å². The molecule has 0 aromatic heterocycles. The van der Waals surface area contributed by atoms with Crippen molar-refractivity contribution in [2.45, 2.75) is 18.8 Å². The van der Waals surface area contributed by atoms with Gasteiger partial charge in [0.05, 0.1) is 4.91 Å². The largest absolute Gasteiger partial charge is 0.478 e. The minimum Gasteiger partial charge on any atom is -0.478 e. The average molecular weight is 365 g/mol. The van der Waals surface area contributed by atoms with Gasteiger partial charge in [-0.05, 0) is 36.3 Å². The highest BCUT2D eigenvalue weighted by molar-refractivity contribution is 8.05. The van der Waals surface area contributed by atoms with Crippen molar-refractivity contribution in [3.8, 4) is 11.8 Å². The highest BCUT2D eigenvalue weighted by atomic mass is 32.2. The Morgan fingerprint density at radius 1 is 1.27 bits per heavy atom. The van der Waals surface area contributed by atoms with Gasteiger partial charge in [-0.15, -0.1) is 0 Å². The van der Waals surface area contributed by atoms with Gasteiger partial charge in [-0.25, -0.2) is 0 Å². The molecule has 5 nitrogen and oxygen atoms in total. The average Bonchev–Trinajstić information content (AvgIpc) is 3.00. The minimum atomic E-state index is -0.228. The van der Waals surface area contributed by atoms with Gasteiger partial charge in [0, 0.05) is 11.3 Å². The predicted octanol–water partition coefficient (Wildman–Crippen LogP) is 3.75. The third-order valence-corrected chi connectivity index (χ3v) is 4.92. The van der Waals surface area contributed by atoms with Crippen LogP contribution in [0.3, 0.4) is 0 Å². The molecule has 0 radical (unpaired) electrons. The summed E-state index contributed by atoms with van der Waals surface area (Å²) < 4.78 is 5.41. The van der Waals surface area contributed by atoms with E-state index in [4.69, 9.17) is 10.00 Å². The summed E-state index contributed by atoms with van der Waals surface area (Å²) in [6.07, 6.45) is 2.78. The van der Waals surface area contributed by atoms with Gasteiger partial charge in [0.2, 0.25) is 0 Å². The van der Waals surface area contributed by atoms with E-state index < -0.39 is 0 Å². The lowest BCUT2D eigenvalue weighted by molar-refractivity contribution is -0.116. The number of para-hydroxylation sites is 1. The number of benzene rings is 2. The predicted molar refractivity (Wildman–Crippen MR) is 104 cm³/mol. The summed E-state index contributed by atoms with van der Waals surface area (Å²) in [5.74, 6) is 0.453. The first kappa shape index (κ1) is 17.9. The molecule has 1 aliphatic rings. The number of nitriles is 1. The number of nitrogens with zero attached hydrogens (tertiary/aromatic N) is 1. The lowest BCUT2D eigenvalue weighted by Gasteiger charge is -2.13. The van der Waals surface area contributed by atoms with Crippen LogP contribution in [0.15, 0.2) is 53.4 Å². The standard InChI is InChI=1S/C20H19N3O2S/c1-2-14-7-9-16(10-8-14)22-20-23-19(24)18(26-20)13-15-5-3-4-6-17(15)25-12-11-21/h3-10,13,20,22H,2,12H2,1H3,(H,23,24)/b18-13-/t20-/m1/s1. The maximum Gasteiger partial charge on any atom is 0.260 e. The highest BCUT2D eigenvalue weighted by Gasteiger charge is 2.27. The Balaban J connectivity index is 1.71. The number of thioether (sulfide) groups is 1. The summed E-state index contributed by atoms with van der Waals surface area (Å²) >= 11 is 1.42. The van der Waals surface area contributed by atoms with Crippen LogP contribution in [0.5, 0.6) is 5.75 Å². The van der Waals surface area contributed by atoms with Crippen molar-refractivity contribution in [1.82, 2.24) is 5.32 Å². The maximum absolute atomic E-state index is 12.3. The van der Waals surface area contributed by atoms with Gasteiger partial charge >= 0.3 is 0 Å². The molecule has 2 aromatic carbocycles. The van der Waals surface area contributed by atoms with E-state index in [9.17, 15) is 4.79 Å². The Kier molecular flexibility index (Phi) is 5.82. The van der Waals surface area contributed by atoms with Crippen molar-refractivity contribution in [3.05, 3.63) is 64.6 Å². The second-order valence-corrected chi connectivity index (χ2v) is 6.81. The van der Waals surface area contributed by atoms with Crippen molar-refractivity contribution in [3.63, 3.8) is 0 Å². The van der Waals surface area contributed by atoms with E-state index in [0.29, 0.717) is 10.7 Å². The molecular weight excluding hydrogens is 346 g/mol. The van der Waals surface area contributed by atoms with Gasteiger partial charge in [0.1, 0.15) is 11.8 Å². The normalized spacial score (nSPS) is 17.6. The van der Waals surface area contributed by atoms with Crippen LogP contribution in [0.1, 0.15) is 18.1 Å². The van der Waals surface area contributed by atoms with Gasteiger partial charge in [-0.3, -0.25) is 4.79 Å². The second kappa shape index (κ2) is 8.45. The number of rotatable bonds is 6. The molecule has 0 spiro atoms. The van der Waals surface area contributed by atoms with Gasteiger partial charge in [0.25, 0.3) is 5.91 Å². The molecule has 2 N–H and O–H groups in total. The molecule has 1 saturated heterocycles. The minimum absolute atomic E-state index is 0.0303. The molecular formula is C20H19N3O2S. The summed E-state index contributed by atoms with van der Waals surface area (Å²) in [5.41, 5.74) is 2.77. The summed E-state index contributed by atoms with van der Waals surface area (Å²) in [5, 5.41) is 14.9. The van der Waals surface area contributed by atoms with E-state index in [2.05, 4.69) is 29.7 Å². The third-order valence-electron chi connectivity index (χ3n) is 3.89. The van der Waals surface area contributed by atoms with Crippen LogP contribution < -0.4 is 15.4 Å². The molecule has 0 unspecified atom stereocenters. The number of nitrogens with one attached hydrogen (secondary N) is 2. The quantitative estimate of drug-likeness (QED) is 0.763. The molecule has 3 rings (SSSR count). The molecule has 1 heterocycles. The molecule has 2 aromatic rings. The zero-order valence-electron chi connectivity index (χ0n) is 14.4. The van der Waals surface area contributed by atoms with Crippen LogP contribution >= 0.6 is 11.8 Å². The van der Waals surface area contributed by atoms with Crippen molar-refractivity contribution in [2.24, 2.45) is 0 Å². The number of carbonyl (C=O) groups is 1. The first-order chi connectivity index (χ1) is 12.7. The summed E-state index contributed by atoms with van der Waals surface area (Å²) in [6.45, 7) is 2.09. The number of anilines is 1. The smallest absolute Gasteiger partial charge is 0.260 e. The van der Waals surface area contributed by atoms with Crippen LogP contribution in [-0.4, -0.2) is 18.0 Å². The molecule has 132 valence electrons. The number of ether oxygens (including phenoxy) is 1. The number of aryl methyl sites for hydroxylation is 1. The van der Waals surface area contributed by atoms with E-state index >= 15 is 0 Å². The number of hydrogen-bond acceptors (Lipinski definition) is 5. The molecule has 26 heavy (non-hydrogen) atoms. The third kappa shape index (κ3) is 4.38. The Labute approximate surface area is 157 Å².